The molecule has 21 heavy (non-hydrogen) atoms. The number of pyridine rings is 1. The van der Waals surface area contributed by atoms with Crippen LogP contribution in [-0.4, -0.2) is 33.2 Å². The molecule has 0 spiro atoms. The molecule has 8 heteroatoms. The van der Waals surface area contributed by atoms with Crippen LogP contribution in [0.25, 0.3) is 10.9 Å². The molecule has 0 aliphatic rings. The number of nitrogens with zero attached hydrogens (tertiary/aromatic N) is 1. The molecule has 0 saturated heterocycles. The van der Waals surface area contributed by atoms with E-state index in [1.54, 1.807) is 0 Å². The average molecular weight is 294 g/mol. The number of carboxylic acid groups (broad SMARTS) is 1. The number of benzene rings is 1. The van der Waals surface area contributed by atoms with Gasteiger partial charge in [0.15, 0.2) is 0 Å². The first-order valence-corrected chi connectivity index (χ1v) is 5.84. The van der Waals surface area contributed by atoms with Gasteiger partial charge in [-0.15, -0.1) is 0 Å². The van der Waals surface area contributed by atoms with Crippen LogP contribution < -0.4 is 10.9 Å². The van der Waals surface area contributed by atoms with Gasteiger partial charge in [0.05, 0.1) is 10.9 Å². The maximum atomic E-state index is 13.8. The highest BCUT2D eigenvalue weighted by Gasteiger charge is 2.23. The third kappa shape index (κ3) is 2.42. The van der Waals surface area contributed by atoms with Gasteiger partial charge in [0.1, 0.15) is 23.7 Å². The molecule has 2 rings (SSSR count). The highest BCUT2D eigenvalue weighted by molar-refractivity contribution is 6.03. The summed E-state index contributed by atoms with van der Waals surface area (Å²) in [6, 6.07) is 3.85. The number of aromatic nitrogens is 1. The first-order valence-electron chi connectivity index (χ1n) is 5.84. The van der Waals surface area contributed by atoms with E-state index in [0.717, 1.165) is 10.6 Å². The number of hydrogen-bond acceptors (Lipinski definition) is 4. The van der Waals surface area contributed by atoms with Crippen molar-refractivity contribution >= 4 is 22.8 Å². The van der Waals surface area contributed by atoms with Gasteiger partial charge in [-0.25, -0.2) is 4.39 Å². The van der Waals surface area contributed by atoms with Gasteiger partial charge in [-0.2, -0.15) is 0 Å². The molecule has 0 aliphatic carbocycles. The fourth-order valence-electron chi connectivity index (χ4n) is 1.98. The smallest absolute Gasteiger partial charge is 0.322 e. The van der Waals surface area contributed by atoms with E-state index in [-0.39, 0.29) is 10.9 Å². The van der Waals surface area contributed by atoms with Crippen LogP contribution in [0.4, 0.5) is 4.39 Å². The van der Waals surface area contributed by atoms with Gasteiger partial charge in [-0.05, 0) is 12.1 Å². The average Bonchev–Trinajstić information content (AvgIpc) is 2.42. The monoisotopic (exact) mass is 294 g/mol. The number of aryl methyl sites for hydroxylation is 1. The summed E-state index contributed by atoms with van der Waals surface area (Å²) in [7, 11) is 1.32. The van der Waals surface area contributed by atoms with Gasteiger partial charge in [-0.1, -0.05) is 6.07 Å². The van der Waals surface area contributed by atoms with Crippen molar-refractivity contribution in [1.29, 1.82) is 0 Å². The largest absolute Gasteiger partial charge is 0.506 e. The summed E-state index contributed by atoms with van der Waals surface area (Å²) >= 11 is 0. The van der Waals surface area contributed by atoms with Crippen molar-refractivity contribution in [2.75, 3.05) is 6.54 Å². The summed E-state index contributed by atoms with van der Waals surface area (Å²) in [5.74, 6) is -4.01. The standard InChI is InChI=1S/C13H11FN2O5/c1-16-7-4-2-3-6(14)9(7)11(19)10(13(16)21)12(20)15-5-8(17)18/h2-4,19H,5H2,1H3,(H,15,20)(H,17,18). The number of amides is 1. The highest BCUT2D eigenvalue weighted by atomic mass is 19.1. The lowest BCUT2D eigenvalue weighted by Gasteiger charge is -2.11. The van der Waals surface area contributed by atoms with Crippen LogP contribution in [0, 0.1) is 5.82 Å². The molecule has 1 aromatic carbocycles. The number of hydrogen-bond donors (Lipinski definition) is 3. The number of carboxylic acids is 1. The van der Waals surface area contributed by atoms with Crippen LogP contribution in [0.3, 0.4) is 0 Å². The lowest BCUT2D eigenvalue weighted by atomic mass is 10.1. The maximum Gasteiger partial charge on any atom is 0.322 e. The number of carbonyl (C=O) groups is 2. The van der Waals surface area contributed by atoms with Crippen molar-refractivity contribution < 1.29 is 24.2 Å². The zero-order valence-electron chi connectivity index (χ0n) is 10.9. The normalized spacial score (nSPS) is 10.6. The molecule has 0 fully saturated rings. The summed E-state index contributed by atoms with van der Waals surface area (Å²) in [6.45, 7) is -0.725. The predicted molar refractivity (Wildman–Crippen MR) is 70.8 cm³/mol. The van der Waals surface area contributed by atoms with E-state index in [4.69, 9.17) is 5.11 Å². The Morgan fingerprint density at radius 3 is 2.67 bits per heavy atom. The molecule has 0 saturated carbocycles. The first kappa shape index (κ1) is 14.5. The third-order valence-electron chi connectivity index (χ3n) is 2.97. The van der Waals surface area contributed by atoms with Gasteiger partial charge in [0, 0.05) is 7.05 Å². The van der Waals surface area contributed by atoms with Gasteiger partial charge in [-0.3, -0.25) is 14.4 Å². The molecule has 0 radical (unpaired) electrons. The number of aromatic hydroxyl groups is 1. The minimum absolute atomic E-state index is 0.118. The number of rotatable bonds is 3. The van der Waals surface area contributed by atoms with Crippen molar-refractivity contribution in [1.82, 2.24) is 9.88 Å². The quantitative estimate of drug-likeness (QED) is 0.749. The molecular weight excluding hydrogens is 283 g/mol. The van der Waals surface area contributed by atoms with Crippen LogP contribution in [-0.2, 0) is 11.8 Å². The summed E-state index contributed by atoms with van der Waals surface area (Å²) in [5.41, 5.74) is -1.43. The van der Waals surface area contributed by atoms with Crippen LogP contribution in [0.5, 0.6) is 5.75 Å². The maximum absolute atomic E-state index is 13.8. The summed E-state index contributed by atoms with van der Waals surface area (Å²) in [4.78, 5) is 34.3. The van der Waals surface area contributed by atoms with E-state index in [1.165, 1.54) is 19.2 Å². The molecule has 110 valence electrons. The molecule has 0 bridgehead atoms. The second kappa shape index (κ2) is 5.23. The van der Waals surface area contributed by atoms with E-state index in [9.17, 15) is 23.9 Å². The van der Waals surface area contributed by atoms with E-state index in [1.807, 2.05) is 5.32 Å². The zero-order valence-corrected chi connectivity index (χ0v) is 10.9. The SMILES string of the molecule is Cn1c(=O)c(C(=O)NCC(=O)O)c(O)c2c(F)cccc21. The topological polar surface area (TPSA) is 109 Å². The van der Waals surface area contributed by atoms with Crippen LogP contribution in [0.15, 0.2) is 23.0 Å². The second-order valence-electron chi connectivity index (χ2n) is 4.30. The highest BCUT2D eigenvalue weighted by Crippen LogP contribution is 2.28. The predicted octanol–water partition coefficient (Wildman–Crippen LogP) is 0.198. The lowest BCUT2D eigenvalue weighted by molar-refractivity contribution is -0.135. The van der Waals surface area contributed by atoms with E-state index in [0.29, 0.717) is 0 Å². The van der Waals surface area contributed by atoms with Crippen molar-refractivity contribution in [3.8, 4) is 5.75 Å². The lowest BCUT2D eigenvalue weighted by Crippen LogP contribution is -2.35. The molecule has 1 heterocycles. The Kier molecular flexibility index (Phi) is 3.62. The fourth-order valence-corrected chi connectivity index (χ4v) is 1.98. The molecule has 7 nitrogen and oxygen atoms in total. The van der Waals surface area contributed by atoms with Gasteiger partial charge < -0.3 is 20.1 Å². The molecule has 0 atom stereocenters. The molecule has 2 aromatic rings. The number of nitrogens with one attached hydrogen (secondary N) is 1. The van der Waals surface area contributed by atoms with E-state index >= 15 is 0 Å². The Labute approximate surface area is 117 Å². The minimum Gasteiger partial charge on any atom is -0.506 e. The number of aliphatic carboxylic acids is 1. The van der Waals surface area contributed by atoms with Gasteiger partial charge >= 0.3 is 5.97 Å². The molecule has 0 unspecified atom stereocenters. The zero-order chi connectivity index (χ0) is 15.7. The molecule has 3 N–H and O–H groups in total. The van der Waals surface area contributed by atoms with Crippen molar-refractivity contribution in [3.05, 3.63) is 39.9 Å². The van der Waals surface area contributed by atoms with Crippen LogP contribution >= 0.6 is 0 Å². The Morgan fingerprint density at radius 1 is 1.38 bits per heavy atom. The van der Waals surface area contributed by atoms with Crippen molar-refractivity contribution in [2.45, 2.75) is 0 Å². The van der Waals surface area contributed by atoms with E-state index < -0.39 is 41.1 Å². The Morgan fingerprint density at radius 2 is 2.05 bits per heavy atom. The molecule has 1 amide bonds. The summed E-state index contributed by atoms with van der Waals surface area (Å²) in [6.07, 6.45) is 0. The Balaban J connectivity index is 2.70. The first-order chi connectivity index (χ1) is 9.84. The molecular formula is C13H11FN2O5. The van der Waals surface area contributed by atoms with Crippen molar-refractivity contribution in [2.24, 2.45) is 7.05 Å². The second-order valence-corrected chi connectivity index (χ2v) is 4.30. The number of fused-ring (bicyclic) bond motifs is 1. The van der Waals surface area contributed by atoms with E-state index in [2.05, 4.69) is 0 Å². The van der Waals surface area contributed by atoms with Gasteiger partial charge in [0.25, 0.3) is 11.5 Å². The minimum atomic E-state index is -1.31. The molecule has 1 aromatic heterocycles. The third-order valence-corrected chi connectivity index (χ3v) is 2.97. The Bertz CT molecular complexity index is 812. The fraction of sp³-hybridized carbons (Fsp3) is 0.154. The molecule has 0 aliphatic heterocycles. The number of carbonyl (C=O) groups excluding carboxylic acids is 1. The Hall–Kier alpha value is -2.90. The summed E-state index contributed by atoms with van der Waals surface area (Å²) < 4.78 is 14.8. The van der Waals surface area contributed by atoms with Crippen LogP contribution in [0.2, 0.25) is 0 Å². The van der Waals surface area contributed by atoms with Crippen molar-refractivity contribution in [3.63, 3.8) is 0 Å². The number of halogens is 1. The van der Waals surface area contributed by atoms with Gasteiger partial charge in [0.2, 0.25) is 0 Å². The summed E-state index contributed by atoms with van der Waals surface area (Å²) in [5, 5.41) is 20.2. The van der Waals surface area contributed by atoms with Crippen LogP contribution in [0.1, 0.15) is 10.4 Å².